The van der Waals surface area contributed by atoms with Crippen LogP contribution in [0.15, 0.2) is 5.38 Å². The molecule has 0 bridgehead atoms. The van der Waals surface area contributed by atoms with E-state index in [1.807, 2.05) is 0 Å². The summed E-state index contributed by atoms with van der Waals surface area (Å²) in [5, 5.41) is 1.68. The van der Waals surface area contributed by atoms with Gasteiger partial charge in [-0.2, -0.15) is 0 Å². The Morgan fingerprint density at radius 1 is 1.64 bits per heavy atom. The third kappa shape index (κ3) is 0.793. The summed E-state index contributed by atoms with van der Waals surface area (Å²) in [5.74, 6) is 0.463. The molecule has 2 rings (SSSR count). The third-order valence-electron chi connectivity index (χ3n) is 1.53. The number of fused-ring (bicyclic) bond motifs is 1. The van der Waals surface area contributed by atoms with Crippen LogP contribution in [-0.4, -0.2) is 18.7 Å². The molecule has 0 aromatic carbocycles. The summed E-state index contributed by atoms with van der Waals surface area (Å²) in [5.41, 5.74) is 0.463. The van der Waals surface area contributed by atoms with Gasteiger partial charge in [-0.15, -0.1) is 11.3 Å². The summed E-state index contributed by atoms with van der Waals surface area (Å²) in [6.07, 6.45) is 0.691. The minimum absolute atomic E-state index is 0.0824. The number of rotatable bonds is 1. The highest BCUT2D eigenvalue weighted by Gasteiger charge is 2.26. The number of hydrogen-bond donors (Lipinski definition) is 0. The predicted molar refractivity (Wildman–Crippen MR) is 39.5 cm³/mol. The Hall–Kier alpha value is -1.16. The molecule has 0 radical (unpaired) electrons. The lowest BCUT2D eigenvalue weighted by Crippen LogP contribution is -2.01. The maximum atomic E-state index is 11.0. The zero-order valence-corrected chi connectivity index (χ0v) is 6.31. The van der Waals surface area contributed by atoms with Gasteiger partial charge in [0.1, 0.15) is 5.75 Å². The lowest BCUT2D eigenvalue weighted by molar-refractivity contribution is 0.0957. The van der Waals surface area contributed by atoms with E-state index in [1.165, 1.54) is 11.3 Å². The average Bonchev–Trinajstić information content (AvgIpc) is 2.54. The second-order valence-corrected chi connectivity index (χ2v) is 3.08. The molecule has 0 amide bonds. The van der Waals surface area contributed by atoms with Gasteiger partial charge in [-0.25, -0.2) is 0 Å². The molecule has 1 aromatic heterocycles. The van der Waals surface area contributed by atoms with Gasteiger partial charge in [0.15, 0.2) is 12.9 Å². The van der Waals surface area contributed by atoms with Crippen molar-refractivity contribution in [1.29, 1.82) is 0 Å². The van der Waals surface area contributed by atoms with E-state index in [0.717, 1.165) is 0 Å². The Bertz CT molecular complexity index is 326. The number of thiophene rings is 1. The van der Waals surface area contributed by atoms with Gasteiger partial charge < -0.3 is 4.74 Å². The minimum Gasteiger partial charge on any atom is -0.484 e. The summed E-state index contributed by atoms with van der Waals surface area (Å²) in [4.78, 5) is 21.9. The van der Waals surface area contributed by atoms with E-state index >= 15 is 0 Å². The van der Waals surface area contributed by atoms with Crippen LogP contribution in [0.5, 0.6) is 5.75 Å². The Balaban J connectivity index is 2.63. The van der Waals surface area contributed by atoms with Crippen molar-refractivity contribution in [2.45, 2.75) is 0 Å². The van der Waals surface area contributed by atoms with Gasteiger partial charge in [0.25, 0.3) is 0 Å². The maximum absolute atomic E-state index is 11.0. The topological polar surface area (TPSA) is 43.4 Å². The fourth-order valence-electron chi connectivity index (χ4n) is 1.04. The van der Waals surface area contributed by atoms with E-state index in [2.05, 4.69) is 0 Å². The van der Waals surface area contributed by atoms with Crippen molar-refractivity contribution in [2.75, 3.05) is 6.61 Å². The highest BCUT2D eigenvalue weighted by molar-refractivity contribution is 7.12. The van der Waals surface area contributed by atoms with Crippen LogP contribution in [0.1, 0.15) is 20.0 Å². The Morgan fingerprint density at radius 3 is 3.18 bits per heavy atom. The summed E-state index contributed by atoms with van der Waals surface area (Å²) >= 11 is 1.24. The molecule has 0 saturated heterocycles. The molecule has 0 spiro atoms. The number of carbonyl (C=O) groups is 2. The SMILES string of the molecule is O=Cc1scc2c1C(=O)CO2. The highest BCUT2D eigenvalue weighted by Crippen LogP contribution is 2.32. The van der Waals surface area contributed by atoms with Crippen molar-refractivity contribution >= 4 is 23.4 Å². The normalized spacial score (nSPS) is 14.4. The lowest BCUT2D eigenvalue weighted by atomic mass is 10.2. The zero-order valence-electron chi connectivity index (χ0n) is 5.49. The first-order valence-electron chi connectivity index (χ1n) is 3.05. The molecule has 3 nitrogen and oxygen atoms in total. The molecule has 0 N–H and O–H groups in total. The molecular formula is C7H4O3S. The average molecular weight is 168 g/mol. The number of Topliss-reactive ketones (excluding diaryl/α,β-unsaturated/α-hetero) is 1. The van der Waals surface area contributed by atoms with E-state index in [-0.39, 0.29) is 12.4 Å². The molecule has 4 heteroatoms. The lowest BCUT2D eigenvalue weighted by Gasteiger charge is -1.85. The number of carbonyl (C=O) groups excluding carboxylic acids is 2. The van der Waals surface area contributed by atoms with Crippen LogP contribution in [0.4, 0.5) is 0 Å². The Kier molecular flexibility index (Phi) is 1.29. The smallest absolute Gasteiger partial charge is 0.205 e. The van der Waals surface area contributed by atoms with Crippen molar-refractivity contribution < 1.29 is 14.3 Å². The van der Waals surface area contributed by atoms with Crippen LogP contribution in [-0.2, 0) is 0 Å². The fourth-order valence-corrected chi connectivity index (χ4v) is 1.85. The van der Waals surface area contributed by atoms with Gasteiger partial charge in [-0.3, -0.25) is 9.59 Å². The molecule has 1 aliphatic heterocycles. The predicted octanol–water partition coefficient (Wildman–Crippen LogP) is 1.14. The number of aldehydes is 1. The van der Waals surface area contributed by atoms with E-state index < -0.39 is 0 Å². The maximum Gasteiger partial charge on any atom is 0.205 e. The van der Waals surface area contributed by atoms with Gasteiger partial charge >= 0.3 is 0 Å². The van der Waals surface area contributed by atoms with Gasteiger partial charge in [0.2, 0.25) is 5.78 Å². The largest absolute Gasteiger partial charge is 0.484 e. The quantitative estimate of drug-likeness (QED) is 0.590. The molecule has 1 aromatic rings. The first-order chi connectivity index (χ1) is 5.33. The molecule has 0 saturated carbocycles. The van der Waals surface area contributed by atoms with Crippen LogP contribution in [0, 0.1) is 0 Å². The van der Waals surface area contributed by atoms with Gasteiger partial charge in [0, 0.05) is 5.38 Å². The summed E-state index contributed by atoms with van der Waals surface area (Å²) in [6, 6.07) is 0. The highest BCUT2D eigenvalue weighted by atomic mass is 32.1. The number of ketones is 1. The van der Waals surface area contributed by atoms with Gasteiger partial charge in [0.05, 0.1) is 10.4 Å². The van der Waals surface area contributed by atoms with E-state index in [0.29, 0.717) is 22.5 Å². The zero-order chi connectivity index (χ0) is 7.84. The first-order valence-corrected chi connectivity index (χ1v) is 3.93. The fraction of sp³-hybridized carbons (Fsp3) is 0.143. The molecule has 0 unspecified atom stereocenters. The molecule has 0 fully saturated rings. The first kappa shape index (κ1) is 6.54. The Labute approximate surface area is 66.6 Å². The van der Waals surface area contributed by atoms with Crippen LogP contribution in [0.2, 0.25) is 0 Å². The number of hydrogen-bond acceptors (Lipinski definition) is 4. The Morgan fingerprint density at radius 2 is 2.45 bits per heavy atom. The van der Waals surface area contributed by atoms with Crippen molar-refractivity contribution in [1.82, 2.24) is 0 Å². The van der Waals surface area contributed by atoms with Crippen LogP contribution < -0.4 is 4.74 Å². The second kappa shape index (κ2) is 2.17. The third-order valence-corrected chi connectivity index (χ3v) is 2.42. The van der Waals surface area contributed by atoms with Crippen LogP contribution >= 0.6 is 11.3 Å². The molecule has 11 heavy (non-hydrogen) atoms. The van der Waals surface area contributed by atoms with Crippen molar-refractivity contribution in [3.05, 3.63) is 15.8 Å². The van der Waals surface area contributed by atoms with Gasteiger partial charge in [-0.1, -0.05) is 0 Å². The summed E-state index contributed by atoms with van der Waals surface area (Å²) < 4.78 is 5.00. The molecular weight excluding hydrogens is 164 g/mol. The molecule has 0 aliphatic carbocycles. The summed E-state index contributed by atoms with van der Waals surface area (Å²) in [6.45, 7) is 0.0824. The molecule has 56 valence electrons. The van der Waals surface area contributed by atoms with E-state index in [4.69, 9.17) is 4.74 Å². The van der Waals surface area contributed by atoms with Gasteiger partial charge in [-0.05, 0) is 0 Å². The van der Waals surface area contributed by atoms with Crippen LogP contribution in [0.25, 0.3) is 0 Å². The van der Waals surface area contributed by atoms with Crippen molar-refractivity contribution in [3.63, 3.8) is 0 Å². The van der Waals surface area contributed by atoms with E-state index in [9.17, 15) is 9.59 Å². The second-order valence-electron chi connectivity index (χ2n) is 2.17. The standard InChI is InChI=1S/C7H4O3S/c8-1-6-7-4(9)2-10-5(7)3-11-6/h1,3H,2H2. The number of ether oxygens (including phenoxy) is 1. The van der Waals surface area contributed by atoms with E-state index in [1.54, 1.807) is 5.38 Å². The van der Waals surface area contributed by atoms with Crippen LogP contribution in [0.3, 0.4) is 0 Å². The molecule has 2 heterocycles. The van der Waals surface area contributed by atoms with Crippen molar-refractivity contribution in [3.8, 4) is 5.75 Å². The van der Waals surface area contributed by atoms with Crippen molar-refractivity contribution in [2.24, 2.45) is 0 Å². The summed E-state index contributed by atoms with van der Waals surface area (Å²) in [7, 11) is 0. The minimum atomic E-state index is -0.0941. The molecule has 1 aliphatic rings. The molecule has 0 atom stereocenters. The monoisotopic (exact) mass is 168 g/mol.